The minimum absolute atomic E-state index is 0.0709. The van der Waals surface area contributed by atoms with E-state index in [1.165, 1.54) is 0 Å². The van der Waals surface area contributed by atoms with Gasteiger partial charge in [0.05, 0.1) is 5.41 Å². The van der Waals surface area contributed by atoms with Crippen LogP contribution < -0.4 is 10.6 Å². The highest BCUT2D eigenvalue weighted by molar-refractivity contribution is 5.79. The molecule has 1 fully saturated rings. The van der Waals surface area contributed by atoms with E-state index in [-0.39, 0.29) is 12.5 Å². The summed E-state index contributed by atoms with van der Waals surface area (Å²) in [4.78, 5) is 22.7. The van der Waals surface area contributed by atoms with Crippen LogP contribution in [-0.4, -0.2) is 36.6 Å². The Kier molecular flexibility index (Phi) is 5.41. The minimum atomic E-state index is -0.776. The second-order valence-corrected chi connectivity index (χ2v) is 4.67. The van der Waals surface area contributed by atoms with E-state index in [1.807, 2.05) is 6.92 Å². The third kappa shape index (κ3) is 4.00. The number of rotatable bonds is 7. The van der Waals surface area contributed by atoms with Gasteiger partial charge in [0.25, 0.3) is 0 Å². The molecular weight excluding hydrogens is 220 g/mol. The van der Waals surface area contributed by atoms with Gasteiger partial charge < -0.3 is 15.7 Å². The summed E-state index contributed by atoms with van der Waals surface area (Å²) in [6, 6.07) is 0. The Balaban J connectivity index is 2.32. The molecule has 0 aromatic carbocycles. The van der Waals surface area contributed by atoms with Gasteiger partial charge in [-0.15, -0.1) is 0 Å². The van der Waals surface area contributed by atoms with Crippen molar-refractivity contribution in [3.63, 3.8) is 0 Å². The van der Waals surface area contributed by atoms with Gasteiger partial charge in [-0.1, -0.05) is 19.8 Å². The molecule has 0 radical (unpaired) electrons. The van der Waals surface area contributed by atoms with Crippen LogP contribution in [-0.2, 0) is 9.59 Å². The number of hydrogen-bond donors (Lipinski definition) is 3. The first kappa shape index (κ1) is 14.0. The van der Waals surface area contributed by atoms with Crippen molar-refractivity contribution in [2.45, 2.75) is 39.0 Å². The molecule has 0 bridgehead atoms. The molecule has 0 saturated heterocycles. The maximum absolute atomic E-state index is 11.5. The summed E-state index contributed by atoms with van der Waals surface area (Å²) < 4.78 is 0. The highest BCUT2D eigenvalue weighted by atomic mass is 16.4. The molecule has 1 rings (SSSR count). The molecular formula is C12H22N2O3. The lowest BCUT2D eigenvalue weighted by Gasteiger charge is -2.23. The van der Waals surface area contributed by atoms with Crippen LogP contribution in [0, 0.1) is 5.41 Å². The van der Waals surface area contributed by atoms with Crippen molar-refractivity contribution in [2.24, 2.45) is 5.41 Å². The first-order chi connectivity index (χ1) is 8.10. The molecule has 0 heterocycles. The summed E-state index contributed by atoms with van der Waals surface area (Å²) in [6.45, 7) is 3.73. The van der Waals surface area contributed by atoms with Gasteiger partial charge in [0.2, 0.25) is 5.91 Å². The van der Waals surface area contributed by atoms with E-state index in [0.717, 1.165) is 19.4 Å². The van der Waals surface area contributed by atoms with E-state index in [4.69, 9.17) is 0 Å². The number of nitrogens with one attached hydrogen (secondary N) is 2. The van der Waals surface area contributed by atoms with Gasteiger partial charge in [-0.05, 0) is 19.4 Å². The molecule has 1 saturated carbocycles. The van der Waals surface area contributed by atoms with Crippen molar-refractivity contribution in [3.8, 4) is 0 Å². The van der Waals surface area contributed by atoms with Crippen LogP contribution in [0.2, 0.25) is 0 Å². The van der Waals surface area contributed by atoms with Crippen molar-refractivity contribution in [1.29, 1.82) is 0 Å². The highest BCUT2D eigenvalue weighted by Crippen LogP contribution is 2.37. The fourth-order valence-corrected chi connectivity index (χ4v) is 2.25. The molecule has 1 aliphatic rings. The first-order valence-electron chi connectivity index (χ1n) is 6.31. The molecule has 0 aromatic rings. The molecule has 1 amide bonds. The number of aliphatic carboxylic acids is 1. The molecule has 98 valence electrons. The fourth-order valence-electron chi connectivity index (χ4n) is 2.25. The maximum atomic E-state index is 11.5. The van der Waals surface area contributed by atoms with Gasteiger partial charge >= 0.3 is 5.97 Å². The monoisotopic (exact) mass is 242 g/mol. The standard InChI is InChI=1S/C12H22N2O3/c1-2-13-8-5-10(15)14-9-12(11(16)17)6-3-4-7-12/h13H,2-9H2,1H3,(H,14,15)(H,16,17). The molecule has 3 N–H and O–H groups in total. The fraction of sp³-hybridized carbons (Fsp3) is 0.833. The Bertz CT molecular complexity index is 273. The largest absolute Gasteiger partial charge is 0.481 e. The Labute approximate surface area is 102 Å². The Morgan fingerprint density at radius 1 is 1.29 bits per heavy atom. The average Bonchev–Trinajstić information content (AvgIpc) is 2.77. The van der Waals surface area contributed by atoms with E-state index in [9.17, 15) is 14.7 Å². The highest BCUT2D eigenvalue weighted by Gasteiger charge is 2.41. The van der Waals surface area contributed by atoms with Gasteiger partial charge in [-0.3, -0.25) is 9.59 Å². The molecule has 0 unspecified atom stereocenters. The summed E-state index contributed by atoms with van der Waals surface area (Å²) in [6.07, 6.45) is 3.65. The van der Waals surface area contributed by atoms with Crippen LogP contribution >= 0.6 is 0 Å². The van der Waals surface area contributed by atoms with E-state index in [2.05, 4.69) is 10.6 Å². The Hall–Kier alpha value is -1.10. The lowest BCUT2D eigenvalue weighted by atomic mass is 9.86. The van der Waals surface area contributed by atoms with Crippen molar-refractivity contribution in [2.75, 3.05) is 19.6 Å². The second-order valence-electron chi connectivity index (χ2n) is 4.67. The topological polar surface area (TPSA) is 78.4 Å². The number of carboxylic acid groups (broad SMARTS) is 1. The number of carbonyl (C=O) groups is 2. The second kappa shape index (κ2) is 6.59. The lowest BCUT2D eigenvalue weighted by molar-refractivity contribution is -0.148. The quantitative estimate of drug-likeness (QED) is 0.576. The third-order valence-electron chi connectivity index (χ3n) is 3.42. The van der Waals surface area contributed by atoms with E-state index >= 15 is 0 Å². The van der Waals surface area contributed by atoms with Gasteiger partial charge in [0.15, 0.2) is 0 Å². The summed E-state index contributed by atoms with van der Waals surface area (Å²) in [5.74, 6) is -0.847. The predicted molar refractivity (Wildman–Crippen MR) is 64.7 cm³/mol. The number of carbonyl (C=O) groups excluding carboxylic acids is 1. The minimum Gasteiger partial charge on any atom is -0.481 e. The average molecular weight is 242 g/mol. The zero-order valence-electron chi connectivity index (χ0n) is 10.4. The summed E-state index contributed by atoms with van der Waals surface area (Å²) in [5.41, 5.74) is -0.714. The third-order valence-corrected chi connectivity index (χ3v) is 3.42. The summed E-state index contributed by atoms with van der Waals surface area (Å²) in [7, 11) is 0. The molecule has 5 nitrogen and oxygen atoms in total. The maximum Gasteiger partial charge on any atom is 0.311 e. The molecule has 1 aliphatic carbocycles. The van der Waals surface area contributed by atoms with Crippen LogP contribution in [0.25, 0.3) is 0 Å². The number of hydrogen-bond acceptors (Lipinski definition) is 3. The van der Waals surface area contributed by atoms with E-state index in [1.54, 1.807) is 0 Å². The van der Waals surface area contributed by atoms with Crippen molar-refractivity contribution in [1.82, 2.24) is 10.6 Å². The number of amides is 1. The molecule has 0 aromatic heterocycles. The van der Waals surface area contributed by atoms with Crippen molar-refractivity contribution < 1.29 is 14.7 Å². The SMILES string of the molecule is CCNCCC(=O)NCC1(C(=O)O)CCCC1. The normalized spacial score (nSPS) is 17.9. The van der Waals surface area contributed by atoms with E-state index in [0.29, 0.717) is 25.8 Å². The smallest absolute Gasteiger partial charge is 0.311 e. The molecule has 0 spiro atoms. The number of carboxylic acids is 1. The Morgan fingerprint density at radius 3 is 2.47 bits per heavy atom. The molecule has 0 atom stereocenters. The van der Waals surface area contributed by atoms with Crippen LogP contribution in [0.5, 0.6) is 0 Å². The molecule has 5 heteroatoms. The van der Waals surface area contributed by atoms with Gasteiger partial charge in [-0.25, -0.2) is 0 Å². The predicted octanol–water partition coefficient (Wildman–Crippen LogP) is 0.747. The Morgan fingerprint density at radius 2 is 1.94 bits per heavy atom. The van der Waals surface area contributed by atoms with E-state index < -0.39 is 11.4 Å². The summed E-state index contributed by atoms with van der Waals surface area (Å²) >= 11 is 0. The van der Waals surface area contributed by atoms with Crippen LogP contribution in [0.1, 0.15) is 39.0 Å². The summed E-state index contributed by atoms with van der Waals surface area (Å²) in [5, 5.41) is 15.0. The van der Waals surface area contributed by atoms with Gasteiger partial charge in [0, 0.05) is 19.5 Å². The van der Waals surface area contributed by atoms with Gasteiger partial charge in [0.1, 0.15) is 0 Å². The molecule has 17 heavy (non-hydrogen) atoms. The zero-order valence-corrected chi connectivity index (χ0v) is 10.4. The first-order valence-corrected chi connectivity index (χ1v) is 6.31. The van der Waals surface area contributed by atoms with Crippen LogP contribution in [0.15, 0.2) is 0 Å². The lowest BCUT2D eigenvalue weighted by Crippen LogP contribution is -2.41. The van der Waals surface area contributed by atoms with Crippen LogP contribution in [0.3, 0.4) is 0 Å². The zero-order chi connectivity index (χ0) is 12.7. The van der Waals surface area contributed by atoms with Crippen molar-refractivity contribution >= 4 is 11.9 Å². The molecule has 0 aliphatic heterocycles. The van der Waals surface area contributed by atoms with Crippen molar-refractivity contribution in [3.05, 3.63) is 0 Å². The van der Waals surface area contributed by atoms with Gasteiger partial charge in [-0.2, -0.15) is 0 Å². The van der Waals surface area contributed by atoms with Crippen LogP contribution in [0.4, 0.5) is 0 Å².